The molecule has 70 valence electrons. The molecule has 0 unspecified atom stereocenters. The Labute approximate surface area is 82.7 Å². The van der Waals surface area contributed by atoms with Crippen LogP contribution < -0.4 is 14.7 Å². The summed E-state index contributed by atoms with van der Waals surface area (Å²) in [6.45, 7) is -0.173. The Balaban J connectivity index is 2.10. The zero-order valence-corrected chi connectivity index (χ0v) is 8.78. The van der Waals surface area contributed by atoms with E-state index in [0.717, 1.165) is 18.8 Å². The lowest BCUT2D eigenvalue weighted by Gasteiger charge is -2.17. The van der Waals surface area contributed by atoms with Gasteiger partial charge in [0.2, 0.25) is 6.57 Å². The van der Waals surface area contributed by atoms with Gasteiger partial charge in [-0.1, -0.05) is 18.2 Å². The van der Waals surface area contributed by atoms with Crippen LogP contribution in [0, 0.1) is 0 Å². The predicted molar refractivity (Wildman–Crippen MR) is 57.4 cm³/mol. The fraction of sp³-hybridized carbons (Fsp3) is 0.250. The molecule has 13 heavy (non-hydrogen) atoms. The van der Waals surface area contributed by atoms with Crippen LogP contribution in [0.25, 0.3) is 0 Å². The molecule has 1 aromatic rings. The summed E-state index contributed by atoms with van der Waals surface area (Å²) in [7, 11) is 0. The van der Waals surface area contributed by atoms with E-state index in [2.05, 4.69) is 10.2 Å². The van der Waals surface area contributed by atoms with Crippen molar-refractivity contribution in [3.63, 3.8) is 0 Å². The van der Waals surface area contributed by atoms with Crippen molar-refractivity contribution in [1.82, 2.24) is 10.2 Å². The maximum Gasteiger partial charge on any atom is 0.247 e. The van der Waals surface area contributed by atoms with E-state index in [4.69, 9.17) is 16.3 Å². The second-order valence-electron chi connectivity index (χ2n) is 2.77. The number of hydrogen-bond donors (Lipinski definition) is 2. The molecule has 0 atom stereocenters. The highest BCUT2D eigenvalue weighted by Crippen LogP contribution is 2.40. The van der Waals surface area contributed by atoms with Crippen molar-refractivity contribution in [2.75, 3.05) is 13.1 Å². The quantitative estimate of drug-likeness (QED) is 0.731. The molecule has 0 saturated carbocycles. The summed E-state index contributed by atoms with van der Waals surface area (Å²) >= 11 is 5.32. The second kappa shape index (κ2) is 3.76. The summed E-state index contributed by atoms with van der Waals surface area (Å²) in [6.07, 6.45) is 0. The van der Waals surface area contributed by atoms with Gasteiger partial charge in [0.1, 0.15) is 5.75 Å². The van der Waals surface area contributed by atoms with Gasteiger partial charge in [0.05, 0.1) is 0 Å². The molecule has 2 N–H and O–H groups in total. The molecule has 1 fully saturated rings. The van der Waals surface area contributed by atoms with Gasteiger partial charge < -0.3 is 4.52 Å². The number of rotatable bonds is 2. The zero-order valence-electron chi connectivity index (χ0n) is 7.06. The molecule has 2 rings (SSSR count). The minimum absolute atomic E-state index is 0.827. The average molecular weight is 214 g/mol. The van der Waals surface area contributed by atoms with Gasteiger partial charge in [-0.05, 0) is 23.9 Å². The number of nitrogens with one attached hydrogen (secondary N) is 2. The zero-order chi connectivity index (χ0) is 9.15. The van der Waals surface area contributed by atoms with Crippen LogP contribution in [-0.4, -0.2) is 13.1 Å². The van der Waals surface area contributed by atoms with E-state index in [1.165, 1.54) is 0 Å². The molecular weight excluding hydrogens is 203 g/mol. The van der Waals surface area contributed by atoms with Gasteiger partial charge in [-0.15, -0.1) is 0 Å². The predicted octanol–water partition coefficient (Wildman–Crippen LogP) is 1.48. The van der Waals surface area contributed by atoms with E-state index in [9.17, 15) is 0 Å². The highest BCUT2D eigenvalue weighted by Gasteiger charge is 2.22. The van der Waals surface area contributed by atoms with Gasteiger partial charge in [0.25, 0.3) is 0 Å². The fourth-order valence-electron chi connectivity index (χ4n) is 1.16. The van der Waals surface area contributed by atoms with E-state index >= 15 is 0 Å². The first kappa shape index (κ1) is 9.16. The topological polar surface area (TPSA) is 33.3 Å². The van der Waals surface area contributed by atoms with Gasteiger partial charge in [0.15, 0.2) is 0 Å². The first-order valence-electron chi connectivity index (χ1n) is 4.13. The Kier molecular flexibility index (Phi) is 2.65. The monoisotopic (exact) mass is 214 g/mol. The van der Waals surface area contributed by atoms with Crippen LogP contribution in [0.15, 0.2) is 30.3 Å². The molecule has 0 spiro atoms. The Morgan fingerprint density at radius 3 is 2.38 bits per heavy atom. The normalized spacial score (nSPS) is 20.0. The molecule has 0 radical (unpaired) electrons. The van der Waals surface area contributed by atoms with Crippen molar-refractivity contribution < 1.29 is 4.52 Å². The number of benzene rings is 1. The Morgan fingerprint density at radius 1 is 1.15 bits per heavy atom. The molecule has 0 amide bonds. The minimum atomic E-state index is -1.96. The molecule has 0 bridgehead atoms. The third-order valence-electron chi connectivity index (χ3n) is 1.74. The summed E-state index contributed by atoms with van der Waals surface area (Å²) in [4.78, 5) is 0. The third-order valence-corrected chi connectivity index (χ3v) is 4.49. The number of hydrogen-bond acceptors (Lipinski definition) is 2. The van der Waals surface area contributed by atoms with Crippen LogP contribution in [0.3, 0.4) is 0 Å². The van der Waals surface area contributed by atoms with Gasteiger partial charge in [-0.25, -0.2) is 10.2 Å². The van der Waals surface area contributed by atoms with Crippen molar-refractivity contribution in [3.8, 4) is 5.75 Å². The first-order chi connectivity index (χ1) is 6.29. The molecule has 0 aliphatic carbocycles. The molecule has 1 heterocycles. The van der Waals surface area contributed by atoms with Crippen molar-refractivity contribution in [3.05, 3.63) is 30.3 Å². The Morgan fingerprint density at radius 2 is 1.77 bits per heavy atom. The van der Waals surface area contributed by atoms with Crippen molar-refractivity contribution >= 4 is 18.4 Å². The standard InChI is InChI=1S/C8H11N2OPS/c13-12(9-6-7-10-12)11-8-4-2-1-3-5-8/h1-5H,6-7H2,(H2,9,10,13). The van der Waals surface area contributed by atoms with Crippen LogP contribution in [0.1, 0.15) is 0 Å². The van der Waals surface area contributed by atoms with E-state index < -0.39 is 6.57 Å². The highest BCUT2D eigenvalue weighted by molar-refractivity contribution is 8.10. The van der Waals surface area contributed by atoms with E-state index in [1.54, 1.807) is 0 Å². The van der Waals surface area contributed by atoms with Crippen LogP contribution in [0.2, 0.25) is 0 Å². The van der Waals surface area contributed by atoms with Crippen molar-refractivity contribution in [2.45, 2.75) is 0 Å². The summed E-state index contributed by atoms with van der Waals surface area (Å²) in [6, 6.07) is 9.65. The largest absolute Gasteiger partial charge is 0.441 e. The lowest BCUT2D eigenvalue weighted by Crippen LogP contribution is -2.11. The highest BCUT2D eigenvalue weighted by atomic mass is 32.4. The van der Waals surface area contributed by atoms with E-state index in [1.807, 2.05) is 30.3 Å². The summed E-state index contributed by atoms with van der Waals surface area (Å²) in [5.74, 6) is 0.827. The average Bonchev–Trinajstić information content (AvgIpc) is 2.54. The molecule has 1 aliphatic heterocycles. The SMILES string of the molecule is S=P1(Oc2ccccc2)NCCN1. The lowest BCUT2D eigenvalue weighted by molar-refractivity contribution is 0.599. The third kappa shape index (κ3) is 2.29. The molecule has 3 nitrogen and oxygen atoms in total. The van der Waals surface area contributed by atoms with Gasteiger partial charge in [-0.3, -0.25) is 0 Å². The van der Waals surface area contributed by atoms with E-state index in [-0.39, 0.29) is 0 Å². The van der Waals surface area contributed by atoms with Crippen molar-refractivity contribution in [1.29, 1.82) is 0 Å². The molecule has 1 aromatic carbocycles. The summed E-state index contributed by atoms with van der Waals surface area (Å²) in [5.41, 5.74) is 0. The molecule has 0 aromatic heterocycles. The summed E-state index contributed by atoms with van der Waals surface area (Å²) in [5, 5.41) is 6.35. The number of para-hydroxylation sites is 1. The Hall–Kier alpha value is -0.410. The van der Waals surface area contributed by atoms with Gasteiger partial charge in [-0.2, -0.15) is 0 Å². The van der Waals surface area contributed by atoms with Crippen LogP contribution in [0.4, 0.5) is 0 Å². The van der Waals surface area contributed by atoms with Crippen LogP contribution >= 0.6 is 6.57 Å². The fourth-order valence-corrected chi connectivity index (χ4v) is 3.43. The smallest absolute Gasteiger partial charge is 0.247 e. The maximum atomic E-state index is 5.67. The molecule has 1 saturated heterocycles. The maximum absolute atomic E-state index is 5.67. The molecule has 1 aliphatic rings. The lowest BCUT2D eigenvalue weighted by atomic mass is 10.3. The minimum Gasteiger partial charge on any atom is -0.441 e. The van der Waals surface area contributed by atoms with Crippen LogP contribution in [-0.2, 0) is 11.8 Å². The van der Waals surface area contributed by atoms with Crippen LogP contribution in [0.5, 0.6) is 5.75 Å². The molecular formula is C8H11N2OPS. The van der Waals surface area contributed by atoms with Gasteiger partial charge >= 0.3 is 0 Å². The first-order valence-corrected chi connectivity index (χ1v) is 6.85. The Bertz CT molecular complexity index is 320. The molecule has 5 heteroatoms. The van der Waals surface area contributed by atoms with E-state index in [0.29, 0.717) is 0 Å². The van der Waals surface area contributed by atoms with Gasteiger partial charge in [0, 0.05) is 13.1 Å². The van der Waals surface area contributed by atoms with Crippen molar-refractivity contribution in [2.24, 2.45) is 0 Å². The second-order valence-corrected chi connectivity index (χ2v) is 6.23. The summed E-state index contributed by atoms with van der Waals surface area (Å²) < 4.78 is 5.67.